The minimum Gasteiger partial charge on any atom is -0.492 e. The highest BCUT2D eigenvalue weighted by atomic mass is 79.9. The number of ether oxygens (including phenoxy) is 1. The first-order chi connectivity index (χ1) is 10.8. The number of sulfonamides is 1. The second-order valence-corrected chi connectivity index (χ2v) is 8.05. The van der Waals surface area contributed by atoms with Crippen molar-refractivity contribution in [3.63, 3.8) is 0 Å². The molecule has 0 amide bonds. The highest BCUT2D eigenvalue weighted by Crippen LogP contribution is 2.21. The van der Waals surface area contributed by atoms with Crippen LogP contribution in [0.5, 0.6) is 5.75 Å². The Morgan fingerprint density at radius 2 is 1.61 bits per heavy atom. The molecule has 2 aromatic carbocycles. The molecule has 23 heavy (non-hydrogen) atoms. The topological polar surface area (TPSA) is 55.4 Å². The smallest absolute Gasteiger partial charge is 0.241 e. The molecule has 4 nitrogen and oxygen atoms in total. The summed E-state index contributed by atoms with van der Waals surface area (Å²) in [4.78, 5) is 0.353. The van der Waals surface area contributed by atoms with Gasteiger partial charge in [-0.3, -0.25) is 0 Å². The molecular formula is C17H20BrNO3S. The van der Waals surface area contributed by atoms with Crippen LogP contribution in [-0.4, -0.2) is 21.6 Å². The number of hydrogen-bond donors (Lipinski definition) is 1. The lowest BCUT2D eigenvalue weighted by Gasteiger charge is -2.13. The maximum Gasteiger partial charge on any atom is 0.241 e. The van der Waals surface area contributed by atoms with Crippen LogP contribution >= 0.6 is 15.9 Å². The van der Waals surface area contributed by atoms with Gasteiger partial charge in [0.25, 0.3) is 0 Å². The summed E-state index contributed by atoms with van der Waals surface area (Å²) in [6, 6.07) is 11.1. The van der Waals surface area contributed by atoms with Crippen molar-refractivity contribution in [1.29, 1.82) is 0 Å². The molecule has 6 heteroatoms. The van der Waals surface area contributed by atoms with Gasteiger partial charge in [-0.25, -0.2) is 13.1 Å². The van der Waals surface area contributed by atoms with Crippen molar-refractivity contribution in [2.45, 2.75) is 25.7 Å². The van der Waals surface area contributed by atoms with Gasteiger partial charge in [-0.05, 0) is 56.2 Å². The fourth-order valence-electron chi connectivity index (χ4n) is 2.54. The van der Waals surface area contributed by atoms with E-state index >= 15 is 0 Å². The third kappa shape index (κ3) is 4.80. The Bertz CT molecular complexity index is 763. The minimum atomic E-state index is -3.54. The summed E-state index contributed by atoms with van der Waals surface area (Å²) < 4.78 is 34.0. The lowest BCUT2D eigenvalue weighted by Crippen LogP contribution is -2.29. The number of nitrogens with one attached hydrogen (secondary N) is 1. The first-order valence-corrected chi connectivity index (χ1v) is 9.53. The third-order valence-electron chi connectivity index (χ3n) is 3.35. The van der Waals surface area contributed by atoms with Gasteiger partial charge in [0.15, 0.2) is 0 Å². The molecule has 0 saturated heterocycles. The Hall–Kier alpha value is -1.37. The van der Waals surface area contributed by atoms with Crippen LogP contribution in [0.25, 0.3) is 0 Å². The van der Waals surface area contributed by atoms with Crippen LogP contribution < -0.4 is 9.46 Å². The summed E-state index contributed by atoms with van der Waals surface area (Å²) in [5.41, 5.74) is 2.56. The fourth-order valence-corrected chi connectivity index (χ4v) is 4.26. The second-order valence-electron chi connectivity index (χ2n) is 5.43. The van der Waals surface area contributed by atoms with E-state index in [-0.39, 0.29) is 13.2 Å². The van der Waals surface area contributed by atoms with Crippen LogP contribution in [0.3, 0.4) is 0 Å². The fraction of sp³-hybridized carbons (Fsp3) is 0.294. The van der Waals surface area contributed by atoms with Crippen molar-refractivity contribution < 1.29 is 13.2 Å². The Labute approximate surface area is 146 Å². The summed E-state index contributed by atoms with van der Waals surface area (Å²) in [5.74, 6) is 0.704. The molecule has 0 aromatic heterocycles. The Morgan fingerprint density at radius 3 is 2.17 bits per heavy atom. The van der Waals surface area contributed by atoms with Crippen LogP contribution in [0, 0.1) is 20.8 Å². The van der Waals surface area contributed by atoms with E-state index in [1.54, 1.807) is 0 Å². The molecule has 0 aliphatic rings. The zero-order valence-electron chi connectivity index (χ0n) is 13.4. The Balaban J connectivity index is 1.98. The molecule has 0 unspecified atom stereocenters. The van der Waals surface area contributed by atoms with Crippen LogP contribution in [0.4, 0.5) is 0 Å². The van der Waals surface area contributed by atoms with E-state index in [9.17, 15) is 8.42 Å². The summed E-state index contributed by atoms with van der Waals surface area (Å²) >= 11 is 3.35. The van der Waals surface area contributed by atoms with E-state index in [0.717, 1.165) is 21.2 Å². The van der Waals surface area contributed by atoms with Gasteiger partial charge in [0, 0.05) is 11.0 Å². The standard InChI is InChI=1S/C17H20BrNO3S/c1-12-10-13(2)17(14(3)11-12)23(20,21)19-8-9-22-16-6-4-15(18)5-7-16/h4-7,10-11,19H,8-9H2,1-3H3. The second kappa shape index (κ2) is 7.47. The molecule has 0 saturated carbocycles. The number of hydrogen-bond acceptors (Lipinski definition) is 3. The predicted molar refractivity (Wildman–Crippen MR) is 95.5 cm³/mol. The van der Waals surface area contributed by atoms with Crippen LogP contribution in [0.15, 0.2) is 45.8 Å². The summed E-state index contributed by atoms with van der Waals surface area (Å²) in [5, 5.41) is 0. The molecule has 0 heterocycles. The minimum absolute atomic E-state index is 0.213. The van der Waals surface area contributed by atoms with Crippen molar-refractivity contribution in [2.75, 3.05) is 13.2 Å². The average molecular weight is 398 g/mol. The lowest BCUT2D eigenvalue weighted by atomic mass is 10.1. The lowest BCUT2D eigenvalue weighted by molar-refractivity contribution is 0.323. The quantitative estimate of drug-likeness (QED) is 0.755. The van der Waals surface area contributed by atoms with Gasteiger partial charge in [0.1, 0.15) is 12.4 Å². The number of aryl methyl sites for hydroxylation is 3. The van der Waals surface area contributed by atoms with Crippen molar-refractivity contribution in [2.24, 2.45) is 0 Å². The first-order valence-electron chi connectivity index (χ1n) is 7.25. The SMILES string of the molecule is Cc1cc(C)c(S(=O)(=O)NCCOc2ccc(Br)cc2)c(C)c1. The van der Waals surface area contributed by atoms with E-state index in [4.69, 9.17) is 4.74 Å². The van der Waals surface area contributed by atoms with E-state index < -0.39 is 10.0 Å². The Morgan fingerprint density at radius 1 is 1.04 bits per heavy atom. The van der Waals surface area contributed by atoms with Gasteiger partial charge in [-0.15, -0.1) is 0 Å². The van der Waals surface area contributed by atoms with E-state index in [0.29, 0.717) is 10.6 Å². The summed E-state index contributed by atoms with van der Waals surface area (Å²) in [6.07, 6.45) is 0. The van der Waals surface area contributed by atoms with Gasteiger partial charge in [0.2, 0.25) is 10.0 Å². The third-order valence-corrected chi connectivity index (χ3v) is 5.64. The van der Waals surface area contributed by atoms with Gasteiger partial charge in [-0.2, -0.15) is 0 Å². The van der Waals surface area contributed by atoms with Gasteiger partial charge >= 0.3 is 0 Å². The highest BCUT2D eigenvalue weighted by Gasteiger charge is 2.19. The Kier molecular flexibility index (Phi) is 5.84. The van der Waals surface area contributed by atoms with Crippen LogP contribution in [-0.2, 0) is 10.0 Å². The molecule has 0 radical (unpaired) electrons. The van der Waals surface area contributed by atoms with E-state index in [1.807, 2.05) is 57.2 Å². The largest absolute Gasteiger partial charge is 0.492 e. The molecule has 0 fully saturated rings. The summed E-state index contributed by atoms with van der Waals surface area (Å²) in [6.45, 7) is 6.06. The van der Waals surface area contributed by atoms with Crippen molar-refractivity contribution >= 4 is 26.0 Å². The van der Waals surface area contributed by atoms with Gasteiger partial charge < -0.3 is 4.74 Å². The molecule has 124 valence electrons. The molecule has 2 rings (SSSR count). The van der Waals surface area contributed by atoms with Crippen molar-refractivity contribution in [3.05, 3.63) is 57.6 Å². The zero-order valence-corrected chi connectivity index (χ0v) is 15.8. The maximum atomic E-state index is 12.5. The molecule has 0 atom stereocenters. The maximum absolute atomic E-state index is 12.5. The normalized spacial score (nSPS) is 11.5. The van der Waals surface area contributed by atoms with Crippen molar-refractivity contribution in [3.8, 4) is 5.75 Å². The van der Waals surface area contributed by atoms with Crippen LogP contribution in [0.1, 0.15) is 16.7 Å². The monoisotopic (exact) mass is 397 g/mol. The van der Waals surface area contributed by atoms with E-state index in [2.05, 4.69) is 20.7 Å². The molecule has 0 spiro atoms. The summed E-state index contributed by atoms with van der Waals surface area (Å²) in [7, 11) is -3.54. The molecule has 0 bridgehead atoms. The van der Waals surface area contributed by atoms with Crippen LogP contribution in [0.2, 0.25) is 0 Å². The first kappa shape index (κ1) is 18.0. The number of halogens is 1. The van der Waals surface area contributed by atoms with Crippen molar-refractivity contribution in [1.82, 2.24) is 4.72 Å². The van der Waals surface area contributed by atoms with Gasteiger partial charge in [-0.1, -0.05) is 33.6 Å². The number of rotatable bonds is 6. The van der Waals surface area contributed by atoms with E-state index in [1.165, 1.54) is 0 Å². The van der Waals surface area contributed by atoms with Gasteiger partial charge in [0.05, 0.1) is 4.90 Å². The highest BCUT2D eigenvalue weighted by molar-refractivity contribution is 9.10. The molecule has 2 aromatic rings. The predicted octanol–water partition coefficient (Wildman–Crippen LogP) is 3.73. The molecule has 0 aliphatic heterocycles. The zero-order chi connectivity index (χ0) is 17.0. The molecule has 0 aliphatic carbocycles. The molecule has 1 N–H and O–H groups in total. The average Bonchev–Trinajstić information content (AvgIpc) is 2.44. The number of benzene rings is 2. The molecular weight excluding hydrogens is 378 g/mol.